The summed E-state index contributed by atoms with van der Waals surface area (Å²) in [7, 11) is 1.86. The quantitative estimate of drug-likeness (QED) is 0.544. The van der Waals surface area contributed by atoms with Gasteiger partial charge in [0.25, 0.3) is 5.91 Å². The molecule has 0 fully saturated rings. The van der Waals surface area contributed by atoms with Crippen LogP contribution in [-0.2, 0) is 13.6 Å². The van der Waals surface area contributed by atoms with Gasteiger partial charge in [0.05, 0.1) is 11.9 Å². The molecule has 2 aromatic rings. The Bertz CT molecular complexity index is 592. The lowest BCUT2D eigenvalue weighted by Crippen LogP contribution is -2.24. The minimum atomic E-state index is -0.250. The van der Waals surface area contributed by atoms with Crippen LogP contribution in [0.15, 0.2) is 24.5 Å². The van der Waals surface area contributed by atoms with Crippen molar-refractivity contribution in [3.05, 3.63) is 41.5 Å². The molecule has 2 rings (SSSR count). The summed E-state index contributed by atoms with van der Waals surface area (Å²) < 4.78 is 1.76. The van der Waals surface area contributed by atoms with E-state index in [2.05, 4.69) is 20.8 Å². The van der Waals surface area contributed by atoms with E-state index < -0.39 is 0 Å². The van der Waals surface area contributed by atoms with Gasteiger partial charge in [-0.1, -0.05) is 0 Å². The Labute approximate surface area is 110 Å². The molecule has 7 nitrogen and oxygen atoms in total. The lowest BCUT2D eigenvalue weighted by Gasteiger charge is -2.06. The van der Waals surface area contributed by atoms with Gasteiger partial charge < -0.3 is 10.7 Å². The highest BCUT2D eigenvalue weighted by molar-refractivity contribution is 5.93. The standard InChI is InChI=1S/C12H16N6O/c1-8-9(7-16-18(8)2)6-15-12(19)11-5-10(17-13)3-4-14-11/h3-5,7H,6,13H2,1-2H3,(H,14,17)(H,15,19). The van der Waals surface area contributed by atoms with Crippen molar-refractivity contribution >= 4 is 11.6 Å². The highest BCUT2D eigenvalue weighted by Gasteiger charge is 2.09. The number of hydrazine groups is 1. The lowest BCUT2D eigenvalue weighted by atomic mass is 10.2. The average Bonchev–Trinajstić information content (AvgIpc) is 2.76. The summed E-state index contributed by atoms with van der Waals surface area (Å²) >= 11 is 0. The number of hydrogen-bond acceptors (Lipinski definition) is 5. The molecule has 0 aliphatic carbocycles. The number of rotatable bonds is 4. The second-order valence-corrected chi connectivity index (χ2v) is 4.14. The number of nitrogens with zero attached hydrogens (tertiary/aromatic N) is 3. The van der Waals surface area contributed by atoms with Crippen LogP contribution in [-0.4, -0.2) is 20.7 Å². The van der Waals surface area contributed by atoms with Gasteiger partial charge >= 0.3 is 0 Å². The first-order valence-electron chi connectivity index (χ1n) is 5.80. The summed E-state index contributed by atoms with van der Waals surface area (Å²) in [4.78, 5) is 15.9. The Kier molecular flexibility index (Phi) is 3.76. The summed E-state index contributed by atoms with van der Waals surface area (Å²) in [5, 5.41) is 6.91. The number of aromatic nitrogens is 3. The van der Waals surface area contributed by atoms with Crippen molar-refractivity contribution in [3.63, 3.8) is 0 Å². The Hall–Kier alpha value is -2.41. The summed E-state index contributed by atoms with van der Waals surface area (Å²) in [6.07, 6.45) is 3.26. The van der Waals surface area contributed by atoms with E-state index in [0.717, 1.165) is 11.3 Å². The molecular formula is C12H16N6O. The van der Waals surface area contributed by atoms with E-state index in [1.54, 1.807) is 23.0 Å². The third-order valence-electron chi connectivity index (χ3n) is 2.94. The van der Waals surface area contributed by atoms with Gasteiger partial charge in [0.1, 0.15) is 5.69 Å². The van der Waals surface area contributed by atoms with Crippen LogP contribution in [0.2, 0.25) is 0 Å². The number of nitrogens with one attached hydrogen (secondary N) is 2. The van der Waals surface area contributed by atoms with Gasteiger partial charge in [-0.2, -0.15) is 5.10 Å². The molecular weight excluding hydrogens is 244 g/mol. The molecule has 0 spiro atoms. The second-order valence-electron chi connectivity index (χ2n) is 4.14. The highest BCUT2D eigenvalue weighted by atomic mass is 16.1. The van der Waals surface area contributed by atoms with Gasteiger partial charge in [0, 0.05) is 31.0 Å². The fraction of sp³-hybridized carbons (Fsp3) is 0.250. The van der Waals surface area contributed by atoms with Crippen molar-refractivity contribution in [2.75, 3.05) is 5.43 Å². The van der Waals surface area contributed by atoms with Gasteiger partial charge in [-0.15, -0.1) is 0 Å². The van der Waals surface area contributed by atoms with E-state index in [-0.39, 0.29) is 5.91 Å². The lowest BCUT2D eigenvalue weighted by molar-refractivity contribution is 0.0946. The van der Waals surface area contributed by atoms with Crippen molar-refractivity contribution in [3.8, 4) is 0 Å². The van der Waals surface area contributed by atoms with E-state index in [1.165, 1.54) is 6.20 Å². The molecule has 0 aromatic carbocycles. The number of anilines is 1. The zero-order chi connectivity index (χ0) is 13.8. The van der Waals surface area contributed by atoms with Crippen LogP contribution in [0.4, 0.5) is 5.69 Å². The van der Waals surface area contributed by atoms with Crippen LogP contribution < -0.4 is 16.6 Å². The molecule has 2 heterocycles. The third kappa shape index (κ3) is 2.89. The zero-order valence-corrected chi connectivity index (χ0v) is 10.8. The van der Waals surface area contributed by atoms with Crippen molar-refractivity contribution < 1.29 is 4.79 Å². The molecule has 0 unspecified atom stereocenters. The van der Waals surface area contributed by atoms with Crippen LogP contribution in [0.25, 0.3) is 0 Å². The molecule has 0 saturated carbocycles. The first-order valence-corrected chi connectivity index (χ1v) is 5.80. The fourth-order valence-electron chi connectivity index (χ4n) is 1.63. The van der Waals surface area contributed by atoms with Crippen molar-refractivity contribution in [1.82, 2.24) is 20.1 Å². The number of pyridine rings is 1. The van der Waals surface area contributed by atoms with Crippen LogP contribution in [0.5, 0.6) is 0 Å². The third-order valence-corrected chi connectivity index (χ3v) is 2.94. The molecule has 7 heteroatoms. The maximum absolute atomic E-state index is 11.9. The number of amides is 1. The predicted octanol–water partition coefficient (Wildman–Crippen LogP) is 0.339. The van der Waals surface area contributed by atoms with Gasteiger partial charge in [-0.05, 0) is 19.1 Å². The molecule has 0 bridgehead atoms. The summed E-state index contributed by atoms with van der Waals surface area (Å²) in [5.41, 5.74) is 5.42. The Balaban J connectivity index is 2.03. The van der Waals surface area contributed by atoms with Gasteiger partial charge in [0.2, 0.25) is 0 Å². The van der Waals surface area contributed by atoms with E-state index in [1.807, 2.05) is 14.0 Å². The van der Waals surface area contributed by atoms with E-state index >= 15 is 0 Å². The van der Waals surface area contributed by atoms with Crippen LogP contribution in [0.1, 0.15) is 21.7 Å². The zero-order valence-electron chi connectivity index (χ0n) is 10.8. The van der Waals surface area contributed by atoms with Crippen molar-refractivity contribution in [2.24, 2.45) is 12.9 Å². The molecule has 0 aliphatic rings. The SMILES string of the molecule is Cc1c(CNC(=O)c2cc(NN)ccn2)cnn1C. The topological polar surface area (TPSA) is 97.9 Å². The van der Waals surface area contributed by atoms with Gasteiger partial charge in [-0.25, -0.2) is 0 Å². The molecule has 19 heavy (non-hydrogen) atoms. The van der Waals surface area contributed by atoms with Gasteiger partial charge in [-0.3, -0.25) is 20.3 Å². The smallest absolute Gasteiger partial charge is 0.270 e. The molecule has 100 valence electrons. The van der Waals surface area contributed by atoms with E-state index in [4.69, 9.17) is 5.84 Å². The summed E-state index contributed by atoms with van der Waals surface area (Å²) in [6, 6.07) is 3.27. The minimum Gasteiger partial charge on any atom is -0.346 e. The average molecular weight is 260 g/mol. The minimum absolute atomic E-state index is 0.250. The molecule has 4 N–H and O–H groups in total. The maximum Gasteiger partial charge on any atom is 0.270 e. The first-order chi connectivity index (χ1) is 9.11. The molecule has 0 aliphatic heterocycles. The number of carbonyl (C=O) groups is 1. The molecule has 0 atom stereocenters. The van der Waals surface area contributed by atoms with E-state index in [9.17, 15) is 4.79 Å². The number of nitrogens with two attached hydrogens (primary N) is 1. The largest absolute Gasteiger partial charge is 0.346 e. The monoisotopic (exact) mass is 260 g/mol. The van der Waals surface area contributed by atoms with Crippen molar-refractivity contribution in [2.45, 2.75) is 13.5 Å². The van der Waals surface area contributed by atoms with Gasteiger partial charge in [0.15, 0.2) is 0 Å². The Morgan fingerprint density at radius 3 is 2.95 bits per heavy atom. The molecule has 0 radical (unpaired) electrons. The number of hydrogen-bond donors (Lipinski definition) is 3. The summed E-state index contributed by atoms with van der Waals surface area (Å²) in [5.74, 6) is 5.04. The van der Waals surface area contributed by atoms with E-state index in [0.29, 0.717) is 17.9 Å². The summed E-state index contributed by atoms with van der Waals surface area (Å²) in [6.45, 7) is 2.37. The number of aryl methyl sites for hydroxylation is 1. The predicted molar refractivity (Wildman–Crippen MR) is 71.2 cm³/mol. The first kappa shape index (κ1) is 13.0. The van der Waals surface area contributed by atoms with Crippen LogP contribution >= 0.6 is 0 Å². The van der Waals surface area contributed by atoms with Crippen LogP contribution in [0.3, 0.4) is 0 Å². The molecule has 1 amide bonds. The second kappa shape index (κ2) is 5.49. The fourth-order valence-corrected chi connectivity index (χ4v) is 1.63. The highest BCUT2D eigenvalue weighted by Crippen LogP contribution is 2.08. The molecule has 0 saturated heterocycles. The number of nitrogen functional groups attached to an aromatic ring is 1. The normalized spacial score (nSPS) is 10.3. The van der Waals surface area contributed by atoms with Crippen LogP contribution in [0, 0.1) is 6.92 Å². The Morgan fingerprint density at radius 1 is 1.53 bits per heavy atom. The molecule has 2 aromatic heterocycles. The number of carbonyl (C=O) groups excluding carboxylic acids is 1. The van der Waals surface area contributed by atoms with Crippen molar-refractivity contribution in [1.29, 1.82) is 0 Å². The Morgan fingerprint density at radius 2 is 2.32 bits per heavy atom. The maximum atomic E-state index is 11.9.